The number of aryl methyl sites for hydroxylation is 1. The lowest BCUT2D eigenvalue weighted by Gasteiger charge is -2.27. The van der Waals surface area contributed by atoms with Gasteiger partial charge in [0, 0.05) is 71.1 Å². The lowest BCUT2D eigenvalue weighted by molar-refractivity contribution is 0.178. The summed E-state index contributed by atoms with van der Waals surface area (Å²) in [6, 6.07) is 18.1. The second kappa shape index (κ2) is 11.2. The summed E-state index contributed by atoms with van der Waals surface area (Å²) >= 11 is 0. The van der Waals surface area contributed by atoms with Gasteiger partial charge in [-0.05, 0) is 36.4 Å². The van der Waals surface area contributed by atoms with E-state index in [0.29, 0.717) is 6.54 Å². The van der Waals surface area contributed by atoms with Crippen LogP contribution in [0, 0.1) is 0 Å². The molecule has 0 N–H and O–H groups in total. The van der Waals surface area contributed by atoms with Crippen molar-refractivity contribution < 1.29 is 0 Å². The molecule has 164 valence electrons. The third kappa shape index (κ3) is 6.76. The molecule has 0 saturated carbocycles. The van der Waals surface area contributed by atoms with Crippen LogP contribution in [0.2, 0.25) is 0 Å². The Kier molecular flexibility index (Phi) is 7.62. The smallest absolute Gasteiger partial charge is 0.0967 e. The number of hydrogen-bond acceptors (Lipinski definition) is 7. The highest BCUT2D eigenvalue weighted by atomic mass is 15.4. The topological polar surface area (TPSA) is 75.9 Å². The molecular formula is C24H28N8. The van der Waals surface area contributed by atoms with E-state index in [2.05, 4.69) is 53.3 Å². The molecule has 0 aliphatic carbocycles. The number of hydrogen-bond donors (Lipinski definition) is 0. The van der Waals surface area contributed by atoms with Crippen molar-refractivity contribution >= 4 is 0 Å². The molecule has 0 aromatic carbocycles. The normalized spacial score (nSPS) is 11.3. The molecule has 0 fully saturated rings. The molecule has 0 spiro atoms. The monoisotopic (exact) mass is 428 g/mol. The molecule has 0 amide bonds. The predicted octanol–water partition coefficient (Wildman–Crippen LogP) is 2.70. The minimum atomic E-state index is 0.714. The minimum Gasteiger partial charge on any atom is -0.290 e. The van der Waals surface area contributed by atoms with Gasteiger partial charge in [-0.3, -0.25) is 29.4 Å². The van der Waals surface area contributed by atoms with Crippen LogP contribution in [-0.2, 0) is 33.2 Å². The van der Waals surface area contributed by atoms with Gasteiger partial charge in [-0.2, -0.15) is 0 Å². The maximum Gasteiger partial charge on any atom is 0.0967 e. The minimum absolute atomic E-state index is 0.714. The van der Waals surface area contributed by atoms with E-state index < -0.39 is 0 Å². The highest BCUT2D eigenvalue weighted by Gasteiger charge is 2.14. The molecule has 0 radical (unpaired) electrons. The molecule has 8 heteroatoms. The zero-order valence-electron chi connectivity index (χ0n) is 18.3. The van der Waals surface area contributed by atoms with Crippen molar-refractivity contribution in [2.24, 2.45) is 7.05 Å². The van der Waals surface area contributed by atoms with Gasteiger partial charge in [0.1, 0.15) is 0 Å². The van der Waals surface area contributed by atoms with E-state index in [1.54, 1.807) is 4.68 Å². The third-order valence-electron chi connectivity index (χ3n) is 5.10. The van der Waals surface area contributed by atoms with Crippen molar-refractivity contribution in [3.05, 3.63) is 102 Å². The Bertz CT molecular complexity index is 1010. The second-order valence-electron chi connectivity index (χ2n) is 7.77. The van der Waals surface area contributed by atoms with Crippen LogP contribution in [0.1, 0.15) is 22.8 Å². The van der Waals surface area contributed by atoms with E-state index in [1.807, 2.05) is 68.2 Å². The first kappa shape index (κ1) is 21.7. The fourth-order valence-corrected chi connectivity index (χ4v) is 3.57. The van der Waals surface area contributed by atoms with Crippen molar-refractivity contribution in [3.63, 3.8) is 0 Å². The molecule has 4 aromatic rings. The van der Waals surface area contributed by atoms with Gasteiger partial charge in [-0.1, -0.05) is 23.4 Å². The molecule has 0 saturated heterocycles. The van der Waals surface area contributed by atoms with Gasteiger partial charge in [0.05, 0.1) is 22.8 Å². The van der Waals surface area contributed by atoms with Crippen molar-refractivity contribution in [1.29, 1.82) is 0 Å². The quantitative estimate of drug-likeness (QED) is 0.364. The lowest BCUT2D eigenvalue weighted by Crippen LogP contribution is -2.35. The van der Waals surface area contributed by atoms with Gasteiger partial charge < -0.3 is 0 Å². The Balaban J connectivity index is 1.46. The van der Waals surface area contributed by atoms with Gasteiger partial charge in [0.2, 0.25) is 0 Å². The molecule has 4 heterocycles. The Labute approximate surface area is 188 Å². The van der Waals surface area contributed by atoms with Gasteiger partial charge in [-0.15, -0.1) is 5.10 Å². The highest BCUT2D eigenvalue weighted by molar-refractivity contribution is 5.07. The van der Waals surface area contributed by atoms with E-state index in [0.717, 1.165) is 55.5 Å². The third-order valence-corrected chi connectivity index (χ3v) is 5.10. The Morgan fingerprint density at radius 1 is 0.625 bits per heavy atom. The molecule has 0 bridgehead atoms. The van der Waals surface area contributed by atoms with Crippen molar-refractivity contribution in [2.75, 3.05) is 13.1 Å². The van der Waals surface area contributed by atoms with Crippen LogP contribution in [0.25, 0.3) is 0 Å². The molecule has 4 aromatic heterocycles. The van der Waals surface area contributed by atoms with Crippen LogP contribution >= 0.6 is 0 Å². The van der Waals surface area contributed by atoms with Gasteiger partial charge in [0.15, 0.2) is 0 Å². The average Bonchev–Trinajstić information content (AvgIpc) is 3.24. The molecule has 0 aliphatic rings. The molecular weight excluding hydrogens is 400 g/mol. The first-order chi connectivity index (χ1) is 15.7. The maximum absolute atomic E-state index is 4.52. The van der Waals surface area contributed by atoms with Gasteiger partial charge >= 0.3 is 0 Å². The Morgan fingerprint density at radius 2 is 1.06 bits per heavy atom. The van der Waals surface area contributed by atoms with Gasteiger partial charge in [0.25, 0.3) is 0 Å². The van der Waals surface area contributed by atoms with Crippen molar-refractivity contribution in [1.82, 2.24) is 39.7 Å². The summed E-state index contributed by atoms with van der Waals surface area (Å²) in [6.07, 6.45) is 7.49. The largest absolute Gasteiger partial charge is 0.290 e. The summed E-state index contributed by atoms with van der Waals surface area (Å²) in [7, 11) is 1.89. The fourth-order valence-electron chi connectivity index (χ4n) is 3.57. The van der Waals surface area contributed by atoms with E-state index in [4.69, 9.17) is 0 Å². The number of aromatic nitrogens is 6. The van der Waals surface area contributed by atoms with E-state index in [1.165, 1.54) is 0 Å². The van der Waals surface area contributed by atoms with Crippen molar-refractivity contribution in [3.8, 4) is 0 Å². The highest BCUT2D eigenvalue weighted by Crippen LogP contribution is 2.10. The summed E-state index contributed by atoms with van der Waals surface area (Å²) in [6.45, 7) is 4.71. The SMILES string of the molecule is Cn1cc(CN(CCN(Cc2ccccn2)Cc2ccccn2)Cc2ccccn2)nn1. The predicted molar refractivity (Wildman–Crippen MR) is 122 cm³/mol. The molecule has 4 rings (SSSR count). The van der Waals surface area contributed by atoms with E-state index >= 15 is 0 Å². The number of rotatable bonds is 11. The number of pyridine rings is 3. The van der Waals surface area contributed by atoms with Crippen molar-refractivity contribution in [2.45, 2.75) is 26.2 Å². The molecule has 0 atom stereocenters. The zero-order valence-corrected chi connectivity index (χ0v) is 18.3. The molecule has 8 nitrogen and oxygen atoms in total. The Morgan fingerprint density at radius 3 is 1.41 bits per heavy atom. The van der Waals surface area contributed by atoms with Gasteiger partial charge in [-0.25, -0.2) is 0 Å². The summed E-state index contributed by atoms with van der Waals surface area (Å²) in [5.41, 5.74) is 4.09. The summed E-state index contributed by atoms with van der Waals surface area (Å²) in [5.74, 6) is 0. The fraction of sp³-hybridized carbons (Fsp3) is 0.292. The molecule has 32 heavy (non-hydrogen) atoms. The average molecular weight is 429 g/mol. The first-order valence-corrected chi connectivity index (χ1v) is 10.7. The van der Waals surface area contributed by atoms with E-state index in [9.17, 15) is 0 Å². The van der Waals surface area contributed by atoms with Crippen LogP contribution < -0.4 is 0 Å². The molecule has 0 aliphatic heterocycles. The van der Waals surface area contributed by atoms with Crippen LogP contribution in [-0.4, -0.2) is 52.8 Å². The summed E-state index contributed by atoms with van der Waals surface area (Å²) in [5, 5.41) is 8.36. The van der Waals surface area contributed by atoms with Crippen LogP contribution in [0.3, 0.4) is 0 Å². The van der Waals surface area contributed by atoms with Crippen LogP contribution in [0.5, 0.6) is 0 Å². The van der Waals surface area contributed by atoms with Crippen LogP contribution in [0.15, 0.2) is 79.4 Å². The zero-order chi connectivity index (χ0) is 22.0. The number of nitrogens with zero attached hydrogens (tertiary/aromatic N) is 8. The lowest BCUT2D eigenvalue weighted by atomic mass is 10.2. The summed E-state index contributed by atoms with van der Waals surface area (Å²) < 4.78 is 1.74. The van der Waals surface area contributed by atoms with Crippen LogP contribution in [0.4, 0.5) is 0 Å². The van der Waals surface area contributed by atoms with E-state index in [-0.39, 0.29) is 0 Å². The first-order valence-electron chi connectivity index (χ1n) is 10.7. The maximum atomic E-state index is 4.52. The summed E-state index contributed by atoms with van der Waals surface area (Å²) in [4.78, 5) is 18.3. The standard InChI is InChI=1S/C24H28N8/c1-30-16-24(28-29-30)20-32(19-23-10-4-7-13-27-23)15-14-31(17-21-8-2-5-11-25-21)18-22-9-3-6-12-26-22/h2-13,16H,14-15,17-20H2,1H3. The second-order valence-corrected chi connectivity index (χ2v) is 7.77. The Hall–Kier alpha value is -3.49. The molecule has 0 unspecified atom stereocenters.